The van der Waals surface area contributed by atoms with Gasteiger partial charge in [0.2, 0.25) is 0 Å². The zero-order chi connectivity index (χ0) is 26.1. The van der Waals surface area contributed by atoms with E-state index in [0.29, 0.717) is 88.8 Å². The van der Waals surface area contributed by atoms with Crippen LogP contribution in [0, 0.1) is 47.3 Å². The molecule has 6 aliphatic rings. The SMILES string of the molecule is C[C@@H]1CC(=O)[C@@H]2[C@@H]3C=C[C@@H](C3)[C@]12[Se]c1ccccc1.C[C@H]1CC(=O)[C@H]2[C@H]3C=C[C@H](C3)[C@@]12[Se]c1ccccc1. The monoisotopic (exact) mass is 636 g/mol. The van der Waals surface area contributed by atoms with Gasteiger partial charge in [0, 0.05) is 0 Å². The predicted molar refractivity (Wildman–Crippen MR) is 155 cm³/mol. The molecule has 4 saturated carbocycles. The molecule has 38 heavy (non-hydrogen) atoms. The average Bonchev–Trinajstić information content (AvgIpc) is 3.75. The molecule has 6 aliphatic carbocycles. The molecule has 0 unspecified atom stereocenters. The molecule has 2 aromatic carbocycles. The number of hydrogen-bond donors (Lipinski definition) is 0. The summed E-state index contributed by atoms with van der Waals surface area (Å²) in [7, 11) is 0. The van der Waals surface area contributed by atoms with Crippen LogP contribution in [0.3, 0.4) is 0 Å². The molecule has 0 N–H and O–H groups in total. The van der Waals surface area contributed by atoms with Crippen LogP contribution in [-0.2, 0) is 9.59 Å². The summed E-state index contributed by atoms with van der Waals surface area (Å²) < 4.78 is 3.49. The summed E-state index contributed by atoms with van der Waals surface area (Å²) in [6, 6.07) is 21.7. The summed E-state index contributed by atoms with van der Waals surface area (Å²) >= 11 is 0.823. The van der Waals surface area contributed by atoms with E-state index in [0.717, 1.165) is 12.8 Å². The summed E-state index contributed by atoms with van der Waals surface area (Å²) in [6.45, 7) is 4.63. The Kier molecular flexibility index (Phi) is 6.28. The van der Waals surface area contributed by atoms with Gasteiger partial charge in [-0.05, 0) is 0 Å². The van der Waals surface area contributed by atoms with Gasteiger partial charge in [-0.15, -0.1) is 0 Å². The molecule has 0 aliphatic heterocycles. The molecule has 4 bridgehead atoms. The number of benzene rings is 2. The zero-order valence-electron chi connectivity index (χ0n) is 22.2. The molecule has 0 heterocycles. The number of carbonyl (C=O) groups is 2. The summed E-state index contributed by atoms with van der Waals surface area (Å²) in [5, 5.41) is 0. The number of fused-ring (bicyclic) bond motifs is 10. The topological polar surface area (TPSA) is 34.1 Å². The molecule has 0 spiro atoms. The van der Waals surface area contributed by atoms with Crippen molar-refractivity contribution in [1.29, 1.82) is 0 Å². The standard InChI is InChI=1S/2C17H18OSe/c2*1-11-9-15(18)16-12-7-8-13(10-12)17(11,16)19-14-5-3-2-4-6-14/h2*2-8,11-13,16H,9-10H2,1H3/t2*11-,12-,13+,16+,17-/m10/s1. The number of rotatable bonds is 4. The Morgan fingerprint density at radius 1 is 0.605 bits per heavy atom. The van der Waals surface area contributed by atoms with E-state index < -0.39 is 0 Å². The number of ketones is 2. The summed E-state index contributed by atoms with van der Waals surface area (Å²) in [5.74, 6) is 5.28. The maximum absolute atomic E-state index is 12.4. The second kappa shape index (κ2) is 9.45. The van der Waals surface area contributed by atoms with Crippen LogP contribution in [-0.4, -0.2) is 41.5 Å². The number of hydrogen-bond acceptors (Lipinski definition) is 2. The van der Waals surface area contributed by atoms with Crippen LogP contribution in [0.2, 0.25) is 8.63 Å². The minimum absolute atomic E-state index is 0.283. The molecule has 4 fully saturated rings. The molecule has 0 aromatic heterocycles. The van der Waals surface area contributed by atoms with Gasteiger partial charge in [0.25, 0.3) is 0 Å². The zero-order valence-corrected chi connectivity index (χ0v) is 25.6. The van der Waals surface area contributed by atoms with E-state index in [1.807, 2.05) is 0 Å². The van der Waals surface area contributed by atoms with Gasteiger partial charge in [-0.2, -0.15) is 0 Å². The first kappa shape index (κ1) is 25.3. The third-order valence-electron chi connectivity index (χ3n) is 10.5. The van der Waals surface area contributed by atoms with Gasteiger partial charge < -0.3 is 0 Å². The van der Waals surface area contributed by atoms with Crippen molar-refractivity contribution in [3.8, 4) is 0 Å². The minimum atomic E-state index is 0.283. The van der Waals surface area contributed by atoms with E-state index in [-0.39, 0.29) is 8.63 Å². The molecule has 8 rings (SSSR count). The first-order valence-corrected chi connectivity index (χ1v) is 17.8. The van der Waals surface area contributed by atoms with Crippen LogP contribution in [0.4, 0.5) is 0 Å². The van der Waals surface area contributed by atoms with Crippen LogP contribution < -0.4 is 8.92 Å². The van der Waals surface area contributed by atoms with Crippen molar-refractivity contribution in [1.82, 2.24) is 0 Å². The van der Waals surface area contributed by atoms with Gasteiger partial charge in [0.05, 0.1) is 0 Å². The van der Waals surface area contributed by atoms with Crippen LogP contribution in [0.5, 0.6) is 0 Å². The Morgan fingerprint density at radius 3 is 1.39 bits per heavy atom. The van der Waals surface area contributed by atoms with Gasteiger partial charge in [-0.25, -0.2) is 0 Å². The van der Waals surface area contributed by atoms with Crippen molar-refractivity contribution < 1.29 is 9.59 Å². The molecule has 0 amide bonds. The van der Waals surface area contributed by atoms with E-state index in [2.05, 4.69) is 98.8 Å². The van der Waals surface area contributed by atoms with Crippen molar-refractivity contribution in [3.05, 3.63) is 85.0 Å². The van der Waals surface area contributed by atoms with E-state index in [9.17, 15) is 9.59 Å². The van der Waals surface area contributed by atoms with Gasteiger partial charge in [0.1, 0.15) is 0 Å². The fraction of sp³-hybridized carbons (Fsp3) is 0.471. The van der Waals surface area contributed by atoms with E-state index in [1.165, 1.54) is 21.8 Å². The molecular formula is C34H36O2Se2. The van der Waals surface area contributed by atoms with E-state index in [1.54, 1.807) is 0 Å². The normalized spacial score (nSPS) is 42.9. The van der Waals surface area contributed by atoms with Crippen molar-refractivity contribution in [2.24, 2.45) is 47.3 Å². The summed E-state index contributed by atoms with van der Waals surface area (Å²) in [4.78, 5) is 24.9. The Hall–Kier alpha value is -1.70. The Labute approximate surface area is 239 Å². The third-order valence-corrected chi connectivity index (χ3v) is 18.2. The quantitative estimate of drug-likeness (QED) is 0.342. The van der Waals surface area contributed by atoms with E-state index in [4.69, 9.17) is 0 Å². The first-order chi connectivity index (χ1) is 18.4. The van der Waals surface area contributed by atoms with E-state index >= 15 is 0 Å². The molecular weight excluding hydrogens is 598 g/mol. The summed E-state index contributed by atoms with van der Waals surface area (Å²) in [5.41, 5.74) is 0. The molecule has 196 valence electrons. The van der Waals surface area contributed by atoms with Gasteiger partial charge in [0.15, 0.2) is 0 Å². The third kappa shape index (κ3) is 3.63. The molecule has 10 atom stereocenters. The molecule has 0 radical (unpaired) electrons. The van der Waals surface area contributed by atoms with Gasteiger partial charge >= 0.3 is 240 Å². The summed E-state index contributed by atoms with van der Waals surface area (Å²) in [6.07, 6.45) is 13.6. The average molecular weight is 635 g/mol. The molecule has 2 aromatic rings. The van der Waals surface area contributed by atoms with Gasteiger partial charge in [-0.1, -0.05) is 0 Å². The number of carbonyl (C=O) groups excluding carboxylic acids is 2. The first-order valence-electron chi connectivity index (χ1n) is 14.3. The van der Waals surface area contributed by atoms with Crippen LogP contribution in [0.25, 0.3) is 0 Å². The Balaban J connectivity index is 0.000000127. The Morgan fingerprint density at radius 2 is 1.00 bits per heavy atom. The Bertz CT molecular complexity index is 1200. The second-order valence-electron chi connectivity index (χ2n) is 12.4. The molecule has 0 saturated heterocycles. The van der Waals surface area contributed by atoms with Crippen LogP contribution in [0.1, 0.15) is 39.5 Å². The van der Waals surface area contributed by atoms with Crippen LogP contribution in [0.15, 0.2) is 85.0 Å². The van der Waals surface area contributed by atoms with Crippen molar-refractivity contribution >= 4 is 50.4 Å². The number of allylic oxidation sites excluding steroid dienone is 4. The van der Waals surface area contributed by atoms with Crippen LogP contribution >= 0.6 is 0 Å². The second-order valence-corrected chi connectivity index (χ2v) is 18.2. The van der Waals surface area contributed by atoms with Crippen molar-refractivity contribution in [2.75, 3.05) is 0 Å². The number of Topliss-reactive ketones (excluding diaryl/α,β-unsaturated/α-hetero) is 2. The molecule has 2 nitrogen and oxygen atoms in total. The van der Waals surface area contributed by atoms with Gasteiger partial charge in [-0.3, -0.25) is 0 Å². The molecule has 4 heteroatoms. The maximum atomic E-state index is 12.4. The van der Waals surface area contributed by atoms with Crippen molar-refractivity contribution in [3.63, 3.8) is 0 Å². The van der Waals surface area contributed by atoms with Crippen molar-refractivity contribution in [2.45, 2.75) is 48.2 Å². The fourth-order valence-corrected chi connectivity index (χ4v) is 16.4. The predicted octanol–water partition coefficient (Wildman–Crippen LogP) is 5.21. The fourth-order valence-electron chi connectivity index (χ4n) is 9.11.